The van der Waals surface area contributed by atoms with Crippen molar-refractivity contribution in [2.45, 2.75) is 46.6 Å². The Kier molecular flexibility index (Phi) is 4.73. The summed E-state index contributed by atoms with van der Waals surface area (Å²) in [5.41, 5.74) is 5.56. The highest BCUT2D eigenvalue weighted by Gasteiger charge is 2.16. The molecule has 2 N–H and O–H groups in total. The van der Waals surface area contributed by atoms with Crippen molar-refractivity contribution >= 4 is 5.91 Å². The minimum Gasteiger partial charge on any atom is -0.364 e. The second-order valence-corrected chi connectivity index (χ2v) is 5.46. The van der Waals surface area contributed by atoms with Crippen LogP contribution in [-0.2, 0) is 0 Å². The van der Waals surface area contributed by atoms with Crippen LogP contribution >= 0.6 is 0 Å². The number of primary amides is 1. The number of rotatable bonds is 6. The topological polar surface area (TPSA) is 60.9 Å². The van der Waals surface area contributed by atoms with Crippen LogP contribution in [-0.4, -0.2) is 15.7 Å². The molecule has 96 valence electrons. The smallest absolute Gasteiger partial charge is 0.269 e. The molecule has 4 heteroatoms. The van der Waals surface area contributed by atoms with E-state index in [2.05, 4.69) is 32.8 Å². The van der Waals surface area contributed by atoms with Crippen LogP contribution < -0.4 is 5.73 Å². The van der Waals surface area contributed by atoms with Crippen LogP contribution in [0.15, 0.2) is 12.3 Å². The zero-order chi connectivity index (χ0) is 13.0. The largest absolute Gasteiger partial charge is 0.364 e. The lowest BCUT2D eigenvalue weighted by Crippen LogP contribution is -2.17. The van der Waals surface area contributed by atoms with E-state index in [9.17, 15) is 4.79 Å². The van der Waals surface area contributed by atoms with Gasteiger partial charge in [-0.25, -0.2) is 0 Å². The lowest BCUT2D eigenvalue weighted by molar-refractivity contribution is 0.0994. The number of nitrogens with zero attached hydrogens (tertiary/aromatic N) is 2. The van der Waals surface area contributed by atoms with Crippen LogP contribution in [0.4, 0.5) is 0 Å². The number of nitrogens with two attached hydrogens (primary N) is 1. The average Bonchev–Trinajstić information content (AvgIpc) is 2.63. The number of amides is 1. The fraction of sp³-hybridized carbons (Fsp3) is 0.692. The third-order valence-electron chi connectivity index (χ3n) is 2.72. The van der Waals surface area contributed by atoms with Gasteiger partial charge in [-0.2, -0.15) is 5.10 Å². The van der Waals surface area contributed by atoms with Crippen LogP contribution in [0.1, 0.15) is 57.1 Å². The second kappa shape index (κ2) is 5.84. The first-order valence-corrected chi connectivity index (χ1v) is 6.25. The molecule has 1 aromatic heterocycles. The zero-order valence-corrected chi connectivity index (χ0v) is 11.2. The number of hydrogen-bond acceptors (Lipinski definition) is 2. The molecule has 1 amide bonds. The van der Waals surface area contributed by atoms with Crippen LogP contribution in [0.5, 0.6) is 0 Å². The maximum atomic E-state index is 11.0. The molecule has 4 nitrogen and oxygen atoms in total. The van der Waals surface area contributed by atoms with Crippen LogP contribution in [0.25, 0.3) is 0 Å². The van der Waals surface area contributed by atoms with Gasteiger partial charge in [0.15, 0.2) is 0 Å². The summed E-state index contributed by atoms with van der Waals surface area (Å²) < 4.78 is 1.89. The van der Waals surface area contributed by atoms with E-state index in [1.165, 1.54) is 0 Å². The maximum Gasteiger partial charge on any atom is 0.269 e. The van der Waals surface area contributed by atoms with Crippen molar-refractivity contribution in [3.8, 4) is 0 Å². The SMILES string of the molecule is CC(C)CC(CC(C)C)n1ccc(C(N)=O)n1. The average molecular weight is 237 g/mol. The lowest BCUT2D eigenvalue weighted by atomic mass is 9.96. The fourth-order valence-electron chi connectivity index (χ4n) is 2.07. The summed E-state index contributed by atoms with van der Waals surface area (Å²) in [6, 6.07) is 2.04. The van der Waals surface area contributed by atoms with Gasteiger partial charge in [-0.1, -0.05) is 27.7 Å². The molecule has 1 heterocycles. The Morgan fingerprint density at radius 3 is 2.18 bits per heavy atom. The van der Waals surface area contributed by atoms with E-state index >= 15 is 0 Å². The summed E-state index contributed by atoms with van der Waals surface area (Å²) in [7, 11) is 0. The van der Waals surface area contributed by atoms with E-state index < -0.39 is 5.91 Å². The molecule has 0 saturated carbocycles. The van der Waals surface area contributed by atoms with E-state index in [0.29, 0.717) is 23.6 Å². The van der Waals surface area contributed by atoms with Gasteiger partial charge in [0.25, 0.3) is 5.91 Å². The normalized spacial score (nSPS) is 11.7. The monoisotopic (exact) mass is 237 g/mol. The fourth-order valence-corrected chi connectivity index (χ4v) is 2.07. The first kappa shape index (κ1) is 13.7. The van der Waals surface area contributed by atoms with Gasteiger partial charge in [-0.05, 0) is 30.7 Å². The maximum absolute atomic E-state index is 11.0. The highest BCUT2D eigenvalue weighted by Crippen LogP contribution is 2.24. The van der Waals surface area contributed by atoms with Crippen LogP contribution in [0.3, 0.4) is 0 Å². The van der Waals surface area contributed by atoms with Crippen molar-refractivity contribution in [2.24, 2.45) is 17.6 Å². The van der Waals surface area contributed by atoms with E-state index in [1.807, 2.05) is 10.9 Å². The predicted octanol–water partition coefficient (Wildman–Crippen LogP) is 2.62. The molecule has 1 aromatic rings. The third-order valence-corrected chi connectivity index (χ3v) is 2.72. The van der Waals surface area contributed by atoms with Crippen molar-refractivity contribution in [3.05, 3.63) is 18.0 Å². The van der Waals surface area contributed by atoms with Gasteiger partial charge < -0.3 is 5.73 Å². The van der Waals surface area contributed by atoms with Crippen molar-refractivity contribution in [1.82, 2.24) is 9.78 Å². The Bertz CT molecular complexity index is 358. The van der Waals surface area contributed by atoms with Crippen LogP contribution in [0.2, 0.25) is 0 Å². The molecule has 1 rings (SSSR count). The van der Waals surface area contributed by atoms with Gasteiger partial charge in [0, 0.05) is 6.20 Å². The molecule has 0 radical (unpaired) electrons. The summed E-state index contributed by atoms with van der Waals surface area (Å²) in [6.45, 7) is 8.80. The molecule has 0 aliphatic rings. The Labute approximate surface area is 103 Å². The molecule has 0 aliphatic heterocycles. The summed E-state index contributed by atoms with van der Waals surface area (Å²) in [4.78, 5) is 11.0. The molecule has 0 aliphatic carbocycles. The van der Waals surface area contributed by atoms with Gasteiger partial charge in [0.1, 0.15) is 5.69 Å². The van der Waals surface area contributed by atoms with Gasteiger partial charge in [0.05, 0.1) is 6.04 Å². The summed E-state index contributed by atoms with van der Waals surface area (Å²) in [5, 5.41) is 4.26. The Balaban J connectivity index is 2.83. The predicted molar refractivity (Wildman–Crippen MR) is 68.7 cm³/mol. The lowest BCUT2D eigenvalue weighted by Gasteiger charge is -2.21. The zero-order valence-electron chi connectivity index (χ0n) is 11.2. The highest BCUT2D eigenvalue weighted by molar-refractivity contribution is 5.90. The van der Waals surface area contributed by atoms with Gasteiger partial charge in [0.2, 0.25) is 0 Å². The Morgan fingerprint density at radius 2 is 1.82 bits per heavy atom. The summed E-state index contributed by atoms with van der Waals surface area (Å²) in [5.74, 6) is 0.761. The van der Waals surface area contributed by atoms with E-state index in [1.54, 1.807) is 6.07 Å². The Hall–Kier alpha value is -1.32. The quantitative estimate of drug-likeness (QED) is 0.826. The highest BCUT2D eigenvalue weighted by atomic mass is 16.1. The second-order valence-electron chi connectivity index (χ2n) is 5.46. The summed E-state index contributed by atoms with van der Waals surface area (Å²) >= 11 is 0. The van der Waals surface area contributed by atoms with E-state index in [4.69, 9.17) is 5.73 Å². The molecule has 0 bridgehead atoms. The van der Waals surface area contributed by atoms with Crippen molar-refractivity contribution < 1.29 is 4.79 Å². The number of aromatic nitrogens is 2. The molecule has 0 spiro atoms. The molecular formula is C13H23N3O. The third kappa shape index (κ3) is 4.21. The van der Waals surface area contributed by atoms with E-state index in [-0.39, 0.29) is 0 Å². The van der Waals surface area contributed by atoms with Crippen molar-refractivity contribution in [2.75, 3.05) is 0 Å². The standard InChI is InChI=1S/C13H23N3O/c1-9(2)7-11(8-10(3)4)16-6-5-12(15-16)13(14)17/h5-6,9-11H,7-8H2,1-4H3,(H2,14,17). The van der Waals surface area contributed by atoms with Gasteiger partial charge >= 0.3 is 0 Å². The molecule has 0 aromatic carbocycles. The number of hydrogen-bond donors (Lipinski definition) is 1. The Morgan fingerprint density at radius 1 is 1.29 bits per heavy atom. The minimum absolute atomic E-state index is 0.350. The molecule has 0 unspecified atom stereocenters. The molecule has 0 atom stereocenters. The van der Waals surface area contributed by atoms with Gasteiger partial charge in [-0.15, -0.1) is 0 Å². The summed E-state index contributed by atoms with van der Waals surface area (Å²) in [6.07, 6.45) is 3.99. The molecule has 17 heavy (non-hydrogen) atoms. The number of carbonyl (C=O) groups excluding carboxylic acids is 1. The molecular weight excluding hydrogens is 214 g/mol. The minimum atomic E-state index is -0.461. The molecule has 0 saturated heterocycles. The van der Waals surface area contributed by atoms with Crippen molar-refractivity contribution in [3.63, 3.8) is 0 Å². The van der Waals surface area contributed by atoms with Crippen molar-refractivity contribution in [1.29, 1.82) is 0 Å². The first-order valence-electron chi connectivity index (χ1n) is 6.25. The number of carbonyl (C=O) groups is 1. The molecule has 0 fully saturated rings. The first-order chi connectivity index (χ1) is 7.90. The van der Waals surface area contributed by atoms with E-state index in [0.717, 1.165) is 12.8 Å². The van der Waals surface area contributed by atoms with Gasteiger partial charge in [-0.3, -0.25) is 9.48 Å². The van der Waals surface area contributed by atoms with Crippen LogP contribution in [0, 0.1) is 11.8 Å².